The first kappa shape index (κ1) is 34.8. The highest BCUT2D eigenvalue weighted by atomic mass is 15.1. The van der Waals surface area contributed by atoms with E-state index in [-0.39, 0.29) is 0 Å². The Bertz CT molecular complexity index is 3410. The molecular weight excluding hydrogens is 739 g/mol. The molecule has 1 aliphatic rings. The molecule has 11 aromatic rings. The topological polar surface area (TPSA) is 32.0 Å². The molecule has 0 aliphatic heterocycles. The Balaban J connectivity index is 1.03. The fourth-order valence-corrected chi connectivity index (χ4v) is 10.3. The van der Waals surface area contributed by atoms with Gasteiger partial charge in [-0.2, -0.15) is 5.26 Å². The van der Waals surface area contributed by atoms with Crippen LogP contribution in [0.3, 0.4) is 0 Å². The van der Waals surface area contributed by atoms with Crippen LogP contribution in [0.25, 0.3) is 60.5 Å². The van der Waals surface area contributed by atoms with Gasteiger partial charge in [0.25, 0.3) is 0 Å². The summed E-state index contributed by atoms with van der Waals surface area (Å²) in [6.07, 6.45) is 0. The number of hydrogen-bond donors (Lipinski definition) is 0. The second kappa shape index (κ2) is 13.7. The second-order valence-electron chi connectivity index (χ2n) is 16.0. The lowest BCUT2D eigenvalue weighted by Gasteiger charge is -2.35. The number of aromatic nitrogens is 1. The summed E-state index contributed by atoms with van der Waals surface area (Å²) in [7, 11) is 0. The van der Waals surface area contributed by atoms with Crippen molar-refractivity contribution in [2.45, 2.75) is 5.41 Å². The summed E-state index contributed by atoms with van der Waals surface area (Å²) in [4.78, 5) is 2.32. The molecule has 0 unspecified atom stereocenters. The summed E-state index contributed by atoms with van der Waals surface area (Å²) in [5, 5.41) is 14.8. The van der Waals surface area contributed by atoms with Crippen LogP contribution in [0.4, 0.5) is 17.1 Å². The monoisotopic (exact) mass is 775 g/mol. The molecule has 0 atom stereocenters. The first-order valence-electron chi connectivity index (χ1n) is 20.8. The highest BCUT2D eigenvalue weighted by molar-refractivity contribution is 6.26. The van der Waals surface area contributed by atoms with Crippen LogP contribution in [0.5, 0.6) is 0 Å². The van der Waals surface area contributed by atoms with Crippen LogP contribution >= 0.6 is 0 Å². The third kappa shape index (κ3) is 5.16. The zero-order chi connectivity index (χ0) is 40.5. The van der Waals surface area contributed by atoms with Gasteiger partial charge >= 0.3 is 0 Å². The Morgan fingerprint density at radius 2 is 1.02 bits per heavy atom. The van der Waals surface area contributed by atoms with Crippen LogP contribution in [-0.2, 0) is 5.41 Å². The van der Waals surface area contributed by atoms with Crippen LogP contribution in [0.2, 0.25) is 0 Å². The van der Waals surface area contributed by atoms with Gasteiger partial charge in [0, 0.05) is 33.5 Å². The molecule has 0 saturated heterocycles. The predicted octanol–water partition coefficient (Wildman–Crippen LogP) is 14.7. The van der Waals surface area contributed by atoms with Gasteiger partial charge in [-0.25, -0.2) is 0 Å². The molecule has 1 aromatic heterocycles. The summed E-state index contributed by atoms with van der Waals surface area (Å²) in [6.45, 7) is 0. The molecule has 3 heteroatoms. The van der Waals surface area contributed by atoms with Gasteiger partial charge in [-0.3, -0.25) is 0 Å². The van der Waals surface area contributed by atoms with Gasteiger partial charge in [0.15, 0.2) is 0 Å². The van der Waals surface area contributed by atoms with Gasteiger partial charge in [0.2, 0.25) is 0 Å². The van der Waals surface area contributed by atoms with E-state index in [4.69, 9.17) is 0 Å². The van der Waals surface area contributed by atoms with Crippen molar-refractivity contribution in [2.24, 2.45) is 0 Å². The highest BCUT2D eigenvalue weighted by Gasteiger charge is 2.46. The van der Waals surface area contributed by atoms with Crippen LogP contribution in [0.15, 0.2) is 224 Å². The lowest BCUT2D eigenvalue weighted by Crippen LogP contribution is -2.28. The first-order chi connectivity index (χ1) is 30.2. The lowest BCUT2D eigenvalue weighted by molar-refractivity contribution is 0.768. The number of nitrogens with zero attached hydrogens (tertiary/aromatic N) is 3. The van der Waals surface area contributed by atoms with Gasteiger partial charge in [-0.1, -0.05) is 152 Å². The fraction of sp³-hybridized carbons (Fsp3) is 0.0172. The molecule has 0 radical (unpaired) electrons. The van der Waals surface area contributed by atoms with E-state index in [2.05, 4.69) is 228 Å². The standard InChI is InChI=1S/C58H37N3/c59-38-39-23-28-45(29-24-39)60(47-32-34-50-49-20-10-11-21-52(49)58(53(50)37-47,42-14-4-1-5-15-42)43-16-6-2-7-17-43)46-30-25-40(26-31-46)48-35-36-55-57-51(48)33-27-41-13-12-22-54(56(41)57)61(55)44-18-8-3-9-19-44/h1-37H. The summed E-state index contributed by atoms with van der Waals surface area (Å²) in [6, 6.07) is 83.3. The van der Waals surface area contributed by atoms with Gasteiger partial charge in [-0.05, 0) is 128 Å². The minimum atomic E-state index is -0.526. The Hall–Kier alpha value is -8.19. The molecule has 12 rings (SSSR count). The zero-order valence-corrected chi connectivity index (χ0v) is 33.2. The van der Waals surface area contributed by atoms with E-state index < -0.39 is 5.41 Å². The van der Waals surface area contributed by atoms with Crippen LogP contribution in [0, 0.1) is 11.3 Å². The van der Waals surface area contributed by atoms with E-state index in [1.807, 2.05) is 12.1 Å². The van der Waals surface area contributed by atoms with Crippen LogP contribution in [0.1, 0.15) is 27.8 Å². The van der Waals surface area contributed by atoms with E-state index in [9.17, 15) is 5.26 Å². The number of para-hydroxylation sites is 1. The third-order valence-corrected chi connectivity index (χ3v) is 12.9. The van der Waals surface area contributed by atoms with Gasteiger partial charge in [0.05, 0.1) is 28.1 Å². The van der Waals surface area contributed by atoms with Crippen molar-refractivity contribution >= 4 is 49.6 Å². The molecule has 10 aromatic carbocycles. The number of benzene rings is 10. The smallest absolute Gasteiger partial charge is 0.0991 e. The third-order valence-electron chi connectivity index (χ3n) is 12.9. The molecule has 61 heavy (non-hydrogen) atoms. The molecule has 0 bridgehead atoms. The summed E-state index contributed by atoms with van der Waals surface area (Å²) in [5.74, 6) is 0. The van der Waals surface area contributed by atoms with Gasteiger partial charge in [-0.15, -0.1) is 0 Å². The number of anilines is 3. The van der Waals surface area contributed by atoms with Crippen LogP contribution < -0.4 is 4.90 Å². The maximum absolute atomic E-state index is 9.77. The quantitative estimate of drug-likeness (QED) is 0.151. The zero-order valence-electron chi connectivity index (χ0n) is 33.2. The lowest BCUT2D eigenvalue weighted by atomic mass is 9.67. The Morgan fingerprint density at radius 1 is 0.426 bits per heavy atom. The summed E-state index contributed by atoms with van der Waals surface area (Å²) in [5.41, 5.74) is 16.6. The van der Waals surface area contributed by atoms with E-state index >= 15 is 0 Å². The minimum absolute atomic E-state index is 0.526. The molecule has 0 spiro atoms. The van der Waals surface area contributed by atoms with Crippen molar-refractivity contribution in [2.75, 3.05) is 4.90 Å². The van der Waals surface area contributed by atoms with Gasteiger partial charge in [0.1, 0.15) is 0 Å². The number of rotatable bonds is 7. The Kier molecular flexibility index (Phi) is 7.82. The molecule has 0 saturated carbocycles. The molecule has 0 N–H and O–H groups in total. The molecule has 1 aliphatic carbocycles. The highest BCUT2D eigenvalue weighted by Crippen LogP contribution is 2.57. The fourth-order valence-electron chi connectivity index (χ4n) is 10.3. The maximum Gasteiger partial charge on any atom is 0.0991 e. The van der Waals surface area contributed by atoms with Crippen LogP contribution in [-0.4, -0.2) is 4.57 Å². The second-order valence-corrected chi connectivity index (χ2v) is 16.0. The van der Waals surface area contributed by atoms with Crippen molar-refractivity contribution < 1.29 is 0 Å². The Morgan fingerprint density at radius 3 is 1.72 bits per heavy atom. The largest absolute Gasteiger partial charge is 0.310 e. The van der Waals surface area contributed by atoms with Crippen molar-refractivity contribution in [1.82, 2.24) is 4.57 Å². The molecule has 284 valence electrons. The molecule has 1 heterocycles. The van der Waals surface area contributed by atoms with Crippen molar-refractivity contribution in [3.63, 3.8) is 0 Å². The van der Waals surface area contributed by atoms with Crippen molar-refractivity contribution in [3.05, 3.63) is 252 Å². The predicted molar refractivity (Wildman–Crippen MR) is 252 cm³/mol. The van der Waals surface area contributed by atoms with Crippen molar-refractivity contribution in [1.29, 1.82) is 5.26 Å². The van der Waals surface area contributed by atoms with E-state index in [0.29, 0.717) is 5.56 Å². The minimum Gasteiger partial charge on any atom is -0.310 e. The maximum atomic E-state index is 9.77. The SMILES string of the molecule is N#Cc1ccc(N(c2ccc(-c3ccc4c5c3ccc3cccc(c35)n4-c3ccccc3)cc2)c2ccc3c(c2)C(c2ccccc2)(c2ccccc2)c2ccccc2-3)cc1. The van der Waals surface area contributed by atoms with E-state index in [0.717, 1.165) is 28.3 Å². The summed E-state index contributed by atoms with van der Waals surface area (Å²) >= 11 is 0. The van der Waals surface area contributed by atoms with E-state index in [1.165, 1.54) is 71.5 Å². The number of fused-ring (bicyclic) bond motifs is 3. The Labute approximate surface area is 354 Å². The van der Waals surface area contributed by atoms with Gasteiger partial charge < -0.3 is 9.47 Å². The molecule has 0 amide bonds. The molecular formula is C58H37N3. The normalized spacial score (nSPS) is 12.7. The molecule has 0 fully saturated rings. The average Bonchev–Trinajstić information content (AvgIpc) is 3.84. The average molecular weight is 776 g/mol. The first-order valence-corrected chi connectivity index (χ1v) is 20.8. The molecule has 3 nitrogen and oxygen atoms in total. The number of nitriles is 1. The summed E-state index contributed by atoms with van der Waals surface area (Å²) < 4.78 is 2.40. The van der Waals surface area contributed by atoms with Crippen molar-refractivity contribution in [3.8, 4) is 34.0 Å². The van der Waals surface area contributed by atoms with E-state index in [1.54, 1.807) is 0 Å². The number of hydrogen-bond acceptors (Lipinski definition) is 2.